The first-order valence-electron chi connectivity index (χ1n) is 16.9. The van der Waals surface area contributed by atoms with Crippen molar-refractivity contribution < 1.29 is 42.1 Å². The Morgan fingerprint density at radius 1 is 0.655 bits per heavy atom. The van der Waals surface area contributed by atoms with E-state index in [2.05, 4.69) is 0 Å². The number of benzene rings is 5. The van der Waals surface area contributed by atoms with Gasteiger partial charge in [0.05, 0.1) is 16.8 Å². The molecule has 0 saturated heterocycles. The van der Waals surface area contributed by atoms with Gasteiger partial charge < -0.3 is 23.9 Å². The van der Waals surface area contributed by atoms with E-state index in [-0.39, 0.29) is 49.3 Å². The number of carboxylic acid groups (broad SMARTS) is 1. The lowest BCUT2D eigenvalue weighted by Crippen LogP contribution is -2.06. The molecule has 1 N–H and O–H groups in total. The quantitative estimate of drug-likeness (QED) is 0.117. The van der Waals surface area contributed by atoms with Crippen molar-refractivity contribution in [1.82, 2.24) is 4.57 Å². The van der Waals surface area contributed by atoms with E-state index in [1.807, 2.05) is 23.6 Å². The molecule has 0 bridgehead atoms. The van der Waals surface area contributed by atoms with Crippen molar-refractivity contribution in [2.75, 3.05) is 0 Å². The fourth-order valence-electron chi connectivity index (χ4n) is 5.49. The molecule has 0 saturated carbocycles. The van der Waals surface area contributed by atoms with Crippen molar-refractivity contribution in [3.63, 3.8) is 0 Å². The number of carbonyl (C=O) groups is 3. The second-order valence-corrected chi connectivity index (χ2v) is 13.3. The first-order chi connectivity index (χ1) is 26.3. The maximum atomic E-state index is 13.9. The molecule has 0 spiro atoms. The van der Waals surface area contributed by atoms with Crippen molar-refractivity contribution in [2.45, 2.75) is 39.9 Å². The number of carboxylic acids is 1. The Balaban J connectivity index is 0.000000223. The summed E-state index contributed by atoms with van der Waals surface area (Å²) in [6.07, 6.45) is 0.297. The number of hydrogen-bond donors (Lipinski definition) is 1. The molecule has 0 amide bonds. The monoisotopic (exact) mass is 787 g/mol. The Kier molecular flexibility index (Phi) is 13.5. The van der Waals surface area contributed by atoms with E-state index in [1.165, 1.54) is 49.4 Å². The lowest BCUT2D eigenvalue weighted by molar-refractivity contribution is -0.117. The van der Waals surface area contributed by atoms with E-state index in [0.717, 1.165) is 22.9 Å². The minimum atomic E-state index is -1.35. The summed E-state index contributed by atoms with van der Waals surface area (Å²) in [5.74, 6) is -2.10. The van der Waals surface area contributed by atoms with Crippen LogP contribution in [0.25, 0.3) is 16.9 Å². The first kappa shape index (κ1) is 40.3. The molecule has 0 aliphatic carbocycles. The van der Waals surface area contributed by atoms with Gasteiger partial charge >= 0.3 is 5.97 Å². The topological polar surface area (TPSA) is 94.8 Å². The fraction of sp³-hybridized carbons (Fsp3) is 0.140. The van der Waals surface area contributed by atoms with Gasteiger partial charge in [0.25, 0.3) is 0 Å². The predicted molar refractivity (Wildman–Crippen MR) is 205 cm³/mol. The van der Waals surface area contributed by atoms with Gasteiger partial charge in [0.15, 0.2) is 5.78 Å². The molecule has 6 aromatic rings. The van der Waals surface area contributed by atoms with Crippen LogP contribution in [-0.2, 0) is 18.0 Å². The number of halogens is 5. The van der Waals surface area contributed by atoms with Gasteiger partial charge in [0.1, 0.15) is 47.9 Å². The van der Waals surface area contributed by atoms with Gasteiger partial charge in [-0.2, -0.15) is 0 Å². The van der Waals surface area contributed by atoms with Crippen LogP contribution < -0.4 is 9.47 Å². The smallest absolute Gasteiger partial charge is 0.338 e. The Hall–Kier alpha value is -5.84. The number of aromatic nitrogens is 1. The van der Waals surface area contributed by atoms with Crippen molar-refractivity contribution >= 4 is 40.7 Å². The Bertz CT molecular complexity index is 2330. The van der Waals surface area contributed by atoms with Crippen LogP contribution in [0.5, 0.6) is 11.5 Å². The van der Waals surface area contributed by atoms with Gasteiger partial charge in [-0.25, -0.2) is 18.0 Å². The summed E-state index contributed by atoms with van der Waals surface area (Å²) in [5.41, 5.74) is 4.18. The van der Waals surface area contributed by atoms with Gasteiger partial charge in [-0.05, 0) is 116 Å². The predicted octanol–water partition coefficient (Wildman–Crippen LogP) is 11.3. The van der Waals surface area contributed by atoms with Crippen LogP contribution in [0.1, 0.15) is 57.3 Å². The highest BCUT2D eigenvalue weighted by atomic mass is 35.5. The molecule has 282 valence electrons. The third-order valence-corrected chi connectivity index (χ3v) is 8.76. The molecule has 1 aromatic heterocycles. The van der Waals surface area contributed by atoms with Crippen molar-refractivity contribution in [3.8, 4) is 28.4 Å². The van der Waals surface area contributed by atoms with Crippen molar-refractivity contribution in [2.24, 2.45) is 0 Å². The SMILES string of the molecule is CC(=O)CCC(=O)c1cc(Cl)ccc1OCc1ccc(F)cc1.Cc1ccc(-c2cc(Cl)ccc2OCc2ccc(F)cc2)n1-c1ccc(F)c(C(=O)O)c1. The highest BCUT2D eigenvalue weighted by molar-refractivity contribution is 6.31. The Labute approximate surface area is 325 Å². The molecule has 1 heterocycles. The van der Waals surface area contributed by atoms with Gasteiger partial charge in [0.2, 0.25) is 0 Å². The zero-order valence-corrected chi connectivity index (χ0v) is 31.1. The van der Waals surface area contributed by atoms with E-state index < -0.39 is 17.3 Å². The van der Waals surface area contributed by atoms with E-state index in [1.54, 1.807) is 54.6 Å². The van der Waals surface area contributed by atoms with Gasteiger partial charge in [-0.1, -0.05) is 47.5 Å². The van der Waals surface area contributed by atoms with Crippen LogP contribution in [0.15, 0.2) is 115 Å². The Morgan fingerprint density at radius 3 is 1.80 bits per heavy atom. The molecular formula is C43H34Cl2F3NO6. The number of aryl methyl sites for hydroxylation is 1. The standard InChI is InChI=1S/C25H18ClF2NO3.C18H16ClFO3/c1-15-2-10-23(29(15)19-8-9-22(28)20(13-19)25(30)31)21-12-17(26)5-11-24(21)32-14-16-3-6-18(27)7-4-16;1-12(21)2-8-17(22)16-10-14(19)5-9-18(16)23-11-13-3-6-15(20)7-4-13/h2-13H,14H2,1H3,(H,30,31);3-7,9-10H,2,8,11H2,1H3. The molecule has 6 rings (SSSR count). The maximum absolute atomic E-state index is 13.9. The lowest BCUT2D eigenvalue weighted by Gasteiger charge is -2.17. The van der Waals surface area contributed by atoms with Crippen LogP contribution in [0.4, 0.5) is 13.2 Å². The summed E-state index contributed by atoms with van der Waals surface area (Å²) in [6, 6.07) is 29.6. The molecule has 7 nitrogen and oxygen atoms in total. The van der Waals surface area contributed by atoms with Crippen molar-refractivity contribution in [3.05, 3.63) is 171 Å². The normalized spacial score (nSPS) is 10.7. The summed E-state index contributed by atoms with van der Waals surface area (Å²) in [6.45, 7) is 3.72. The minimum absolute atomic E-state index is 0.0471. The van der Waals surface area contributed by atoms with E-state index in [4.69, 9.17) is 32.7 Å². The molecule has 0 fully saturated rings. The van der Waals surface area contributed by atoms with Crippen LogP contribution >= 0.6 is 23.2 Å². The number of rotatable bonds is 13. The average Bonchev–Trinajstić information content (AvgIpc) is 3.55. The second kappa shape index (κ2) is 18.5. The van der Waals surface area contributed by atoms with E-state index in [0.29, 0.717) is 44.1 Å². The number of hydrogen-bond acceptors (Lipinski definition) is 5. The number of aromatic carboxylic acids is 1. The molecule has 0 aliphatic rings. The molecule has 5 aromatic carbocycles. The summed E-state index contributed by atoms with van der Waals surface area (Å²) in [7, 11) is 0. The Morgan fingerprint density at radius 2 is 1.22 bits per heavy atom. The fourth-order valence-corrected chi connectivity index (χ4v) is 5.83. The summed E-state index contributed by atoms with van der Waals surface area (Å²) in [5, 5.41) is 10.2. The highest BCUT2D eigenvalue weighted by Gasteiger charge is 2.18. The molecule has 0 radical (unpaired) electrons. The van der Waals surface area contributed by atoms with E-state index >= 15 is 0 Å². The number of carbonyl (C=O) groups excluding carboxylic acids is 2. The minimum Gasteiger partial charge on any atom is -0.488 e. The highest BCUT2D eigenvalue weighted by Crippen LogP contribution is 2.36. The third kappa shape index (κ3) is 10.9. The number of ether oxygens (including phenoxy) is 2. The largest absolute Gasteiger partial charge is 0.488 e. The second-order valence-electron chi connectivity index (χ2n) is 12.4. The molecule has 0 unspecified atom stereocenters. The zero-order valence-electron chi connectivity index (χ0n) is 29.6. The summed E-state index contributed by atoms with van der Waals surface area (Å²) < 4.78 is 53.5. The molecule has 0 aliphatic heterocycles. The van der Waals surface area contributed by atoms with Gasteiger partial charge in [0, 0.05) is 39.8 Å². The van der Waals surface area contributed by atoms with Crippen LogP contribution in [-0.4, -0.2) is 27.2 Å². The lowest BCUT2D eigenvalue weighted by atomic mass is 10.0. The maximum Gasteiger partial charge on any atom is 0.338 e. The van der Waals surface area contributed by atoms with Crippen LogP contribution in [0.2, 0.25) is 10.0 Å². The number of nitrogens with zero attached hydrogens (tertiary/aromatic N) is 1. The van der Waals surface area contributed by atoms with Gasteiger partial charge in [-0.15, -0.1) is 0 Å². The van der Waals surface area contributed by atoms with Crippen LogP contribution in [0.3, 0.4) is 0 Å². The zero-order chi connectivity index (χ0) is 39.6. The van der Waals surface area contributed by atoms with Crippen molar-refractivity contribution in [1.29, 1.82) is 0 Å². The third-order valence-electron chi connectivity index (χ3n) is 8.29. The van der Waals surface area contributed by atoms with E-state index in [9.17, 15) is 32.7 Å². The first-order valence-corrected chi connectivity index (χ1v) is 17.6. The molecular weight excluding hydrogens is 754 g/mol. The van der Waals surface area contributed by atoms with Crippen LogP contribution in [0, 0.1) is 24.4 Å². The summed E-state index contributed by atoms with van der Waals surface area (Å²) >= 11 is 12.2. The number of ketones is 2. The summed E-state index contributed by atoms with van der Waals surface area (Å²) in [4.78, 5) is 34.7. The molecule has 55 heavy (non-hydrogen) atoms. The molecule has 0 atom stereocenters. The van der Waals surface area contributed by atoms with Gasteiger partial charge in [-0.3, -0.25) is 4.79 Å². The average molecular weight is 789 g/mol. The molecule has 12 heteroatoms. The number of Topliss-reactive ketones (excluding diaryl/α,β-unsaturated/α-hetero) is 2.